The minimum Gasteiger partial charge on any atom is -0.497 e. The average molecular weight is 410 g/mol. The number of rotatable bonds is 4. The van der Waals surface area contributed by atoms with Gasteiger partial charge in [0.1, 0.15) is 22.7 Å². The summed E-state index contributed by atoms with van der Waals surface area (Å²) in [4.78, 5) is 20.4. The second-order valence-electron chi connectivity index (χ2n) is 6.95. The Labute approximate surface area is 177 Å². The third-order valence-corrected chi connectivity index (χ3v) is 5.12. The lowest BCUT2D eigenvalue weighted by Crippen LogP contribution is -2.12. The minimum atomic E-state index is -0.417. The molecule has 0 atom stereocenters. The molecule has 5 rings (SSSR count). The Bertz CT molecular complexity index is 1420. The van der Waals surface area contributed by atoms with E-state index >= 15 is 0 Å². The molecule has 0 saturated carbocycles. The van der Waals surface area contributed by atoms with E-state index < -0.39 is 5.56 Å². The van der Waals surface area contributed by atoms with Gasteiger partial charge in [-0.05, 0) is 35.4 Å². The van der Waals surface area contributed by atoms with Crippen molar-refractivity contribution < 1.29 is 9.84 Å². The average Bonchev–Trinajstić information content (AvgIpc) is 3.20. The first-order valence-corrected chi connectivity index (χ1v) is 9.66. The quantitative estimate of drug-likeness (QED) is 0.465. The lowest BCUT2D eigenvalue weighted by Gasteiger charge is -2.07. The second-order valence-corrected chi connectivity index (χ2v) is 6.95. The van der Waals surface area contributed by atoms with Crippen LogP contribution in [0.25, 0.3) is 39.3 Å². The lowest BCUT2D eigenvalue weighted by atomic mass is 10.0. The van der Waals surface area contributed by atoms with Crippen molar-refractivity contribution in [3.63, 3.8) is 0 Å². The molecule has 0 radical (unpaired) electrons. The predicted molar refractivity (Wildman–Crippen MR) is 118 cm³/mol. The van der Waals surface area contributed by atoms with Crippen molar-refractivity contribution >= 4 is 5.65 Å². The van der Waals surface area contributed by atoms with E-state index in [1.54, 1.807) is 37.6 Å². The lowest BCUT2D eigenvalue weighted by molar-refractivity contribution is 0.415. The fourth-order valence-electron chi connectivity index (χ4n) is 3.64. The number of ether oxygens (including phenoxy) is 1. The van der Waals surface area contributed by atoms with Gasteiger partial charge >= 0.3 is 0 Å². The molecule has 2 N–H and O–H groups in total. The van der Waals surface area contributed by atoms with Gasteiger partial charge in [0.2, 0.25) is 5.88 Å². The zero-order valence-electron chi connectivity index (χ0n) is 16.6. The van der Waals surface area contributed by atoms with Gasteiger partial charge in [0, 0.05) is 6.20 Å². The van der Waals surface area contributed by atoms with Crippen LogP contribution in [0.2, 0.25) is 0 Å². The van der Waals surface area contributed by atoms with Crippen LogP contribution in [0.15, 0.2) is 83.8 Å². The number of pyridine rings is 1. The Morgan fingerprint density at radius 3 is 2.29 bits per heavy atom. The molecule has 2 aromatic carbocycles. The van der Waals surface area contributed by atoms with Gasteiger partial charge < -0.3 is 14.8 Å². The Balaban J connectivity index is 1.82. The fraction of sp³-hybridized carbons (Fsp3) is 0.0417. The van der Waals surface area contributed by atoms with E-state index in [0.717, 1.165) is 5.56 Å². The summed E-state index contributed by atoms with van der Waals surface area (Å²) in [5.74, 6) is 0.409. The van der Waals surface area contributed by atoms with Gasteiger partial charge in [-0.1, -0.05) is 48.5 Å². The van der Waals surface area contributed by atoms with E-state index in [1.807, 2.05) is 48.5 Å². The summed E-state index contributed by atoms with van der Waals surface area (Å²) in [5.41, 5.74) is 3.40. The van der Waals surface area contributed by atoms with Gasteiger partial charge in [-0.2, -0.15) is 9.61 Å². The van der Waals surface area contributed by atoms with Crippen LogP contribution in [0.3, 0.4) is 0 Å². The molecule has 5 aromatic rings. The maximum absolute atomic E-state index is 13.0. The fourth-order valence-corrected chi connectivity index (χ4v) is 3.64. The topological polar surface area (TPSA) is 92.5 Å². The number of nitrogens with one attached hydrogen (secondary N) is 1. The molecule has 0 saturated heterocycles. The number of aromatic nitrogens is 4. The number of nitrogens with zero attached hydrogens (tertiary/aromatic N) is 3. The van der Waals surface area contributed by atoms with E-state index in [4.69, 9.17) is 4.74 Å². The first kappa shape index (κ1) is 18.6. The largest absolute Gasteiger partial charge is 0.497 e. The van der Waals surface area contributed by atoms with Crippen molar-refractivity contribution in [3.05, 3.63) is 89.3 Å². The number of benzene rings is 2. The van der Waals surface area contributed by atoms with E-state index in [2.05, 4.69) is 15.1 Å². The maximum Gasteiger partial charge on any atom is 0.262 e. The van der Waals surface area contributed by atoms with Crippen LogP contribution in [0.4, 0.5) is 0 Å². The Kier molecular flexibility index (Phi) is 4.48. The summed E-state index contributed by atoms with van der Waals surface area (Å²) in [5, 5.41) is 15.7. The molecule has 0 bridgehead atoms. The molecule has 3 aromatic heterocycles. The van der Waals surface area contributed by atoms with E-state index in [0.29, 0.717) is 33.9 Å². The van der Waals surface area contributed by atoms with Gasteiger partial charge in [0.25, 0.3) is 5.56 Å². The molecule has 0 unspecified atom stereocenters. The molecule has 7 heteroatoms. The third-order valence-electron chi connectivity index (χ3n) is 5.12. The monoisotopic (exact) mass is 410 g/mol. The normalized spacial score (nSPS) is 11.0. The molecular weight excluding hydrogens is 392 g/mol. The van der Waals surface area contributed by atoms with Crippen molar-refractivity contribution in [1.29, 1.82) is 0 Å². The van der Waals surface area contributed by atoms with Gasteiger partial charge in [-0.25, -0.2) is 0 Å². The molecule has 0 spiro atoms. The number of aromatic hydroxyl groups is 1. The Hall–Kier alpha value is -4.39. The highest BCUT2D eigenvalue weighted by molar-refractivity contribution is 5.90. The first-order chi connectivity index (χ1) is 15.2. The van der Waals surface area contributed by atoms with Gasteiger partial charge in [0.05, 0.1) is 18.4 Å². The summed E-state index contributed by atoms with van der Waals surface area (Å²) >= 11 is 0. The summed E-state index contributed by atoms with van der Waals surface area (Å²) < 4.78 is 6.53. The highest BCUT2D eigenvalue weighted by atomic mass is 16.5. The second kappa shape index (κ2) is 7.46. The van der Waals surface area contributed by atoms with Crippen molar-refractivity contribution in [2.24, 2.45) is 0 Å². The highest BCUT2D eigenvalue weighted by Gasteiger charge is 2.23. The van der Waals surface area contributed by atoms with Crippen LogP contribution in [0.5, 0.6) is 11.6 Å². The SMILES string of the molecule is COc1ccc(-c2c(O)n3nc(-c4ccccn4)c(-c4ccccc4)c3[nH]c2=O)cc1. The van der Waals surface area contributed by atoms with E-state index in [-0.39, 0.29) is 11.4 Å². The van der Waals surface area contributed by atoms with Crippen molar-refractivity contribution in [3.8, 4) is 45.3 Å². The van der Waals surface area contributed by atoms with Crippen LogP contribution >= 0.6 is 0 Å². The zero-order valence-corrected chi connectivity index (χ0v) is 16.6. The number of H-pyrrole nitrogens is 1. The molecular formula is C24H18N4O3. The maximum atomic E-state index is 13.0. The molecule has 0 fully saturated rings. The van der Waals surface area contributed by atoms with E-state index in [9.17, 15) is 9.90 Å². The van der Waals surface area contributed by atoms with Gasteiger partial charge in [-0.3, -0.25) is 9.78 Å². The summed E-state index contributed by atoms with van der Waals surface area (Å²) in [6.07, 6.45) is 1.68. The van der Waals surface area contributed by atoms with Crippen LogP contribution in [-0.2, 0) is 0 Å². The number of hydrogen-bond acceptors (Lipinski definition) is 5. The molecule has 0 amide bonds. The van der Waals surface area contributed by atoms with Crippen LogP contribution in [0.1, 0.15) is 0 Å². The Morgan fingerprint density at radius 2 is 1.61 bits per heavy atom. The summed E-state index contributed by atoms with van der Waals surface area (Å²) in [7, 11) is 1.57. The van der Waals surface area contributed by atoms with Crippen LogP contribution in [-0.4, -0.2) is 31.8 Å². The van der Waals surface area contributed by atoms with Crippen molar-refractivity contribution in [1.82, 2.24) is 19.6 Å². The van der Waals surface area contributed by atoms with Crippen LogP contribution in [0, 0.1) is 0 Å². The van der Waals surface area contributed by atoms with Crippen LogP contribution < -0.4 is 10.3 Å². The standard InChI is InChI=1S/C24H18N4O3/c1-31-17-12-10-16(11-13-17)20-23(29)26-22-19(15-7-3-2-4-8-15)21(27-28(22)24(20)30)18-9-5-6-14-25-18/h2-14,30H,1H3,(H,26,29). The van der Waals surface area contributed by atoms with Gasteiger partial charge in [0.15, 0.2) is 0 Å². The minimum absolute atomic E-state index is 0.129. The predicted octanol–water partition coefficient (Wildman–Crippen LogP) is 4.13. The molecule has 3 heterocycles. The zero-order chi connectivity index (χ0) is 21.4. The molecule has 7 nitrogen and oxygen atoms in total. The third kappa shape index (κ3) is 3.12. The number of aromatic amines is 1. The first-order valence-electron chi connectivity index (χ1n) is 9.66. The van der Waals surface area contributed by atoms with Gasteiger partial charge in [-0.15, -0.1) is 0 Å². The molecule has 0 aliphatic carbocycles. The smallest absolute Gasteiger partial charge is 0.262 e. The van der Waals surface area contributed by atoms with E-state index in [1.165, 1.54) is 4.52 Å². The van der Waals surface area contributed by atoms with Crippen molar-refractivity contribution in [2.45, 2.75) is 0 Å². The number of methoxy groups -OCH3 is 1. The molecule has 31 heavy (non-hydrogen) atoms. The summed E-state index contributed by atoms with van der Waals surface area (Å²) in [6, 6.07) is 22.0. The number of fused-ring (bicyclic) bond motifs is 1. The summed E-state index contributed by atoms with van der Waals surface area (Å²) in [6.45, 7) is 0. The Morgan fingerprint density at radius 1 is 0.903 bits per heavy atom. The highest BCUT2D eigenvalue weighted by Crippen LogP contribution is 2.36. The van der Waals surface area contributed by atoms with Crippen molar-refractivity contribution in [2.75, 3.05) is 7.11 Å². The molecule has 0 aliphatic rings. The molecule has 152 valence electrons. The number of hydrogen-bond donors (Lipinski definition) is 2. The molecule has 0 aliphatic heterocycles.